The van der Waals surface area contributed by atoms with Crippen LogP contribution in [0.15, 0.2) is 50.6 Å². The number of nitrogens with zero attached hydrogens (tertiary/aromatic N) is 1. The van der Waals surface area contributed by atoms with Gasteiger partial charge in [-0.1, -0.05) is 18.2 Å². The number of aliphatic hydroxyl groups is 2. The van der Waals surface area contributed by atoms with Gasteiger partial charge in [-0.15, -0.1) is 0 Å². The van der Waals surface area contributed by atoms with Crippen molar-refractivity contribution in [3.8, 4) is 5.75 Å². The van der Waals surface area contributed by atoms with E-state index in [1.165, 1.54) is 26.0 Å². The van der Waals surface area contributed by atoms with Crippen molar-refractivity contribution >= 4 is 29.6 Å². The molecule has 0 radical (unpaired) electrons. The van der Waals surface area contributed by atoms with Gasteiger partial charge in [0.15, 0.2) is 6.23 Å². The Labute approximate surface area is 220 Å². The second kappa shape index (κ2) is 11.6. The lowest BCUT2D eigenvalue weighted by atomic mass is 9.96. The fourth-order valence-electron chi connectivity index (χ4n) is 3.52. The largest absolute Gasteiger partial charge is 0.462 e. The standard InChI is InChI=1S/C22H29BrN3O10P/c1-12(2)34-19(29)13(3)25-37(32,36-14-8-6-5-7-9-14)33-11-16-17(27)22(4,31)20(35-16)26-10-15(23)18(28)24-21(26)30/h5-10,12-13,16-17,20,27,31H,11H2,1-4H3,(H,25,32)(H,24,28,30)/t13-,16-,17-,20-,22-,37+/m1/s1. The molecule has 1 fully saturated rings. The second-order valence-electron chi connectivity index (χ2n) is 8.88. The van der Waals surface area contributed by atoms with E-state index in [0.29, 0.717) is 0 Å². The number of aromatic nitrogens is 2. The first kappa shape index (κ1) is 29.2. The molecule has 1 saturated heterocycles. The highest BCUT2D eigenvalue weighted by molar-refractivity contribution is 9.10. The molecule has 0 bridgehead atoms. The summed E-state index contributed by atoms with van der Waals surface area (Å²) in [6.45, 7) is 5.40. The number of H-pyrrole nitrogens is 1. The van der Waals surface area contributed by atoms with Gasteiger partial charge in [-0.25, -0.2) is 9.36 Å². The van der Waals surface area contributed by atoms with Crippen molar-refractivity contribution in [1.29, 1.82) is 0 Å². The summed E-state index contributed by atoms with van der Waals surface area (Å²) in [5, 5.41) is 24.2. The maximum Gasteiger partial charge on any atom is 0.459 e. The van der Waals surface area contributed by atoms with E-state index in [4.69, 9.17) is 18.5 Å². The molecule has 15 heteroatoms. The van der Waals surface area contributed by atoms with E-state index in [0.717, 1.165) is 10.8 Å². The highest BCUT2D eigenvalue weighted by Crippen LogP contribution is 2.46. The topological polar surface area (TPSA) is 178 Å². The summed E-state index contributed by atoms with van der Waals surface area (Å²) in [5.74, 6) is -0.524. The molecule has 1 aliphatic heterocycles. The maximum absolute atomic E-state index is 13.6. The summed E-state index contributed by atoms with van der Waals surface area (Å²) >= 11 is 3.01. The Hall–Kier alpha value is -2.32. The van der Waals surface area contributed by atoms with Gasteiger partial charge in [-0.05, 0) is 55.8 Å². The minimum absolute atomic E-state index is 0.00655. The average molecular weight is 606 g/mol. The number of para-hydroxylation sites is 1. The zero-order valence-corrected chi connectivity index (χ0v) is 23.0. The minimum atomic E-state index is -4.28. The van der Waals surface area contributed by atoms with Crippen LogP contribution in [0.4, 0.5) is 0 Å². The van der Waals surface area contributed by atoms with Gasteiger partial charge in [0.05, 0.1) is 17.2 Å². The van der Waals surface area contributed by atoms with Gasteiger partial charge < -0.3 is 24.2 Å². The number of benzene rings is 1. The van der Waals surface area contributed by atoms with Crippen molar-refractivity contribution in [3.63, 3.8) is 0 Å². The SMILES string of the molecule is CC(C)OC(=O)[C@@H](C)N[P@](=O)(OC[C@H]1O[C@@H](n2cc(Br)c(=O)[nH]c2=O)[C@](C)(O)[C@@H]1O)Oc1ccccc1. The molecule has 37 heavy (non-hydrogen) atoms. The number of hydrogen-bond donors (Lipinski definition) is 4. The molecular formula is C22H29BrN3O10P. The lowest BCUT2D eigenvalue weighted by Gasteiger charge is -2.27. The molecule has 2 heterocycles. The molecule has 6 atom stereocenters. The summed E-state index contributed by atoms with van der Waals surface area (Å²) in [7, 11) is -4.28. The Morgan fingerprint density at radius 2 is 1.95 bits per heavy atom. The first-order valence-electron chi connectivity index (χ1n) is 11.3. The number of nitrogens with one attached hydrogen (secondary N) is 2. The number of esters is 1. The molecule has 1 aliphatic rings. The zero-order chi connectivity index (χ0) is 27.5. The number of ether oxygens (including phenoxy) is 2. The number of halogens is 1. The first-order chi connectivity index (χ1) is 17.2. The van der Waals surface area contributed by atoms with Crippen molar-refractivity contribution in [1.82, 2.24) is 14.6 Å². The Morgan fingerprint density at radius 1 is 1.30 bits per heavy atom. The molecule has 0 aliphatic carbocycles. The first-order valence-corrected chi connectivity index (χ1v) is 13.6. The summed E-state index contributed by atoms with van der Waals surface area (Å²) in [5.41, 5.74) is -3.58. The summed E-state index contributed by atoms with van der Waals surface area (Å²) < 4.78 is 36.4. The van der Waals surface area contributed by atoms with Crippen LogP contribution < -0.4 is 20.9 Å². The molecule has 204 valence electrons. The summed E-state index contributed by atoms with van der Waals surface area (Å²) in [6.07, 6.45) is -3.62. The molecule has 1 aromatic carbocycles. The van der Waals surface area contributed by atoms with Crippen LogP contribution in [0.2, 0.25) is 0 Å². The predicted octanol–water partition coefficient (Wildman–Crippen LogP) is 1.44. The van der Waals surface area contributed by atoms with Crippen LogP contribution in [-0.2, 0) is 23.4 Å². The van der Waals surface area contributed by atoms with E-state index in [1.807, 2.05) is 0 Å². The minimum Gasteiger partial charge on any atom is -0.462 e. The Kier molecular flexibility index (Phi) is 9.17. The molecule has 3 rings (SSSR count). The van der Waals surface area contributed by atoms with Gasteiger partial charge in [0.2, 0.25) is 0 Å². The van der Waals surface area contributed by atoms with Crippen LogP contribution in [0.1, 0.15) is 33.9 Å². The van der Waals surface area contributed by atoms with Crippen LogP contribution in [-0.4, -0.2) is 62.3 Å². The smallest absolute Gasteiger partial charge is 0.459 e. The lowest BCUT2D eigenvalue weighted by molar-refractivity contribution is -0.149. The molecule has 1 aromatic heterocycles. The zero-order valence-electron chi connectivity index (χ0n) is 20.5. The van der Waals surface area contributed by atoms with Crippen molar-refractivity contribution in [3.05, 3.63) is 61.8 Å². The van der Waals surface area contributed by atoms with Gasteiger partial charge in [-0.2, -0.15) is 5.09 Å². The third-order valence-corrected chi connectivity index (χ3v) is 7.57. The van der Waals surface area contributed by atoms with E-state index >= 15 is 0 Å². The molecule has 0 saturated carbocycles. The highest BCUT2D eigenvalue weighted by atomic mass is 79.9. The molecule has 0 unspecified atom stereocenters. The van der Waals surface area contributed by atoms with E-state index in [-0.39, 0.29) is 10.2 Å². The van der Waals surface area contributed by atoms with Gasteiger partial charge >= 0.3 is 19.4 Å². The van der Waals surface area contributed by atoms with Crippen molar-refractivity contribution < 1.29 is 38.1 Å². The quantitative estimate of drug-likeness (QED) is 0.227. The summed E-state index contributed by atoms with van der Waals surface area (Å²) in [6, 6.07) is 6.95. The Bertz CT molecular complexity index is 1270. The normalized spacial score (nSPS) is 26.0. The molecular weight excluding hydrogens is 577 g/mol. The predicted molar refractivity (Wildman–Crippen MR) is 134 cm³/mol. The number of hydrogen-bond acceptors (Lipinski definition) is 10. The average Bonchev–Trinajstić information content (AvgIpc) is 3.03. The summed E-state index contributed by atoms with van der Waals surface area (Å²) in [4.78, 5) is 38.4. The monoisotopic (exact) mass is 605 g/mol. The van der Waals surface area contributed by atoms with Gasteiger partial charge in [0.25, 0.3) is 5.56 Å². The number of aliphatic hydroxyl groups excluding tert-OH is 1. The number of aromatic amines is 1. The van der Waals surface area contributed by atoms with Crippen molar-refractivity contribution in [2.45, 2.75) is 63.9 Å². The van der Waals surface area contributed by atoms with Crippen molar-refractivity contribution in [2.75, 3.05) is 6.61 Å². The van der Waals surface area contributed by atoms with Crippen LogP contribution in [0.3, 0.4) is 0 Å². The second-order valence-corrected chi connectivity index (χ2v) is 11.4. The lowest BCUT2D eigenvalue weighted by Crippen LogP contribution is -2.47. The van der Waals surface area contributed by atoms with Crippen molar-refractivity contribution in [2.24, 2.45) is 0 Å². The number of carbonyl (C=O) groups excluding carboxylic acids is 1. The number of carbonyl (C=O) groups is 1. The van der Waals surface area contributed by atoms with E-state index < -0.39 is 67.8 Å². The van der Waals surface area contributed by atoms with E-state index in [1.54, 1.807) is 32.0 Å². The van der Waals surface area contributed by atoms with Crippen LogP contribution in [0, 0.1) is 0 Å². The third-order valence-electron chi connectivity index (χ3n) is 5.37. The molecule has 0 amide bonds. The fraction of sp³-hybridized carbons (Fsp3) is 0.500. The molecule has 4 N–H and O–H groups in total. The van der Waals surface area contributed by atoms with Crippen LogP contribution in [0.25, 0.3) is 0 Å². The van der Waals surface area contributed by atoms with Gasteiger partial charge in [0, 0.05) is 6.20 Å². The maximum atomic E-state index is 13.6. The highest BCUT2D eigenvalue weighted by Gasteiger charge is 2.54. The Morgan fingerprint density at radius 3 is 2.57 bits per heavy atom. The van der Waals surface area contributed by atoms with Gasteiger partial charge in [0.1, 0.15) is 29.6 Å². The van der Waals surface area contributed by atoms with E-state index in [9.17, 15) is 29.2 Å². The third kappa shape index (κ3) is 6.96. The molecule has 13 nitrogen and oxygen atoms in total. The van der Waals surface area contributed by atoms with Gasteiger partial charge in [-0.3, -0.25) is 23.7 Å². The Balaban J connectivity index is 1.82. The number of rotatable bonds is 10. The molecule has 0 spiro atoms. The molecule has 2 aromatic rings. The van der Waals surface area contributed by atoms with E-state index in [2.05, 4.69) is 26.0 Å². The van der Waals surface area contributed by atoms with Crippen LogP contribution in [0.5, 0.6) is 5.75 Å². The van der Waals surface area contributed by atoms with Crippen LogP contribution >= 0.6 is 23.7 Å². The fourth-order valence-corrected chi connectivity index (χ4v) is 5.34.